The van der Waals surface area contributed by atoms with Crippen LogP contribution in [0, 0.1) is 5.92 Å². The molecule has 0 aliphatic carbocycles. The van der Waals surface area contributed by atoms with Crippen LogP contribution < -0.4 is 22.6 Å². The summed E-state index contributed by atoms with van der Waals surface area (Å²) >= 11 is 0. The van der Waals surface area contributed by atoms with Gasteiger partial charge in [0.2, 0.25) is 5.91 Å². The largest absolute Gasteiger partial charge is 1.00 e. The van der Waals surface area contributed by atoms with Gasteiger partial charge in [0.05, 0.1) is 26.9 Å². The third kappa shape index (κ3) is 4.79. The third-order valence-electron chi connectivity index (χ3n) is 2.59. The molecule has 0 fully saturated rings. The molecule has 1 amide bonds. The highest BCUT2D eigenvalue weighted by Gasteiger charge is 2.21. The molecule has 1 atom stereocenters. The predicted octanol–water partition coefficient (Wildman–Crippen LogP) is -2.76. The van der Waals surface area contributed by atoms with E-state index in [2.05, 4.69) is 19.4 Å². The number of halogens is 1. The zero-order valence-corrected chi connectivity index (χ0v) is 11.5. The number of hydrogen-bond acceptors (Lipinski definition) is 2. The Hall–Kier alpha value is -1.00. The molecule has 17 heavy (non-hydrogen) atoms. The first-order valence-corrected chi connectivity index (χ1v) is 5.63. The number of carbonyl (C=O) groups is 1. The average molecular weight is 261 g/mol. The lowest BCUT2D eigenvalue weighted by molar-refractivity contribution is -0.891. The van der Waals surface area contributed by atoms with Crippen LogP contribution in [0.15, 0.2) is 22.8 Å². The van der Waals surface area contributed by atoms with Crippen LogP contribution in [0.1, 0.15) is 25.6 Å². The van der Waals surface area contributed by atoms with Crippen molar-refractivity contribution in [1.29, 1.82) is 0 Å². The van der Waals surface area contributed by atoms with Crippen molar-refractivity contribution in [2.45, 2.75) is 19.9 Å². The lowest BCUT2D eigenvalue weighted by Crippen LogP contribution is -3.07. The van der Waals surface area contributed by atoms with Gasteiger partial charge in [-0.3, -0.25) is 4.79 Å². The fraction of sp³-hybridized carbons (Fsp3) is 0.583. The monoisotopic (exact) mass is 260 g/mol. The van der Waals surface area contributed by atoms with Gasteiger partial charge in [0.25, 0.3) is 0 Å². The zero-order valence-electron chi connectivity index (χ0n) is 10.8. The number of rotatable bonds is 5. The second kappa shape index (κ2) is 7.35. The standard InChI is InChI=1S/C12H20N2O2.ClH/c1-9(2)12(15)13-8-10(14(3)4)11-6-5-7-16-11;/h5-7,9-10H,8H2,1-4H3,(H,13,15);1H. The molecule has 1 rings (SSSR count). The van der Waals surface area contributed by atoms with Gasteiger partial charge in [-0.05, 0) is 12.1 Å². The zero-order chi connectivity index (χ0) is 12.1. The van der Waals surface area contributed by atoms with E-state index in [-0.39, 0.29) is 30.3 Å². The van der Waals surface area contributed by atoms with Gasteiger partial charge in [-0.2, -0.15) is 0 Å². The Kier molecular flexibility index (Phi) is 6.92. The van der Waals surface area contributed by atoms with Crippen LogP contribution in [0.5, 0.6) is 0 Å². The summed E-state index contributed by atoms with van der Waals surface area (Å²) in [5, 5.41) is 2.93. The summed E-state index contributed by atoms with van der Waals surface area (Å²) in [6.07, 6.45) is 1.66. The molecule has 1 unspecified atom stereocenters. The van der Waals surface area contributed by atoms with E-state index in [0.29, 0.717) is 6.54 Å². The van der Waals surface area contributed by atoms with Crippen LogP contribution in [0.25, 0.3) is 0 Å². The Morgan fingerprint density at radius 3 is 2.53 bits per heavy atom. The van der Waals surface area contributed by atoms with E-state index >= 15 is 0 Å². The fourth-order valence-electron chi connectivity index (χ4n) is 1.49. The van der Waals surface area contributed by atoms with Crippen molar-refractivity contribution in [2.24, 2.45) is 5.92 Å². The van der Waals surface area contributed by atoms with Crippen LogP contribution >= 0.6 is 0 Å². The summed E-state index contributed by atoms with van der Waals surface area (Å²) in [7, 11) is 4.10. The molecule has 98 valence electrons. The van der Waals surface area contributed by atoms with Gasteiger partial charge in [-0.25, -0.2) is 0 Å². The Morgan fingerprint density at radius 2 is 2.12 bits per heavy atom. The first kappa shape index (κ1) is 16.0. The topological polar surface area (TPSA) is 46.7 Å². The summed E-state index contributed by atoms with van der Waals surface area (Å²) in [6.45, 7) is 4.38. The van der Waals surface area contributed by atoms with Crippen molar-refractivity contribution in [2.75, 3.05) is 20.6 Å². The van der Waals surface area contributed by atoms with Gasteiger partial charge >= 0.3 is 0 Å². The van der Waals surface area contributed by atoms with E-state index < -0.39 is 0 Å². The van der Waals surface area contributed by atoms with Gasteiger partial charge in [0.1, 0.15) is 0 Å². The van der Waals surface area contributed by atoms with Crippen molar-refractivity contribution >= 4 is 5.91 Å². The highest BCUT2D eigenvalue weighted by atomic mass is 35.5. The fourth-order valence-corrected chi connectivity index (χ4v) is 1.49. The molecule has 0 radical (unpaired) electrons. The van der Waals surface area contributed by atoms with Crippen LogP contribution in [-0.4, -0.2) is 26.5 Å². The van der Waals surface area contributed by atoms with Gasteiger partial charge in [0, 0.05) is 5.92 Å². The van der Waals surface area contributed by atoms with E-state index in [1.807, 2.05) is 26.0 Å². The number of carbonyl (C=O) groups excluding carboxylic acids is 1. The third-order valence-corrected chi connectivity index (χ3v) is 2.59. The van der Waals surface area contributed by atoms with Crippen LogP contribution in [0.2, 0.25) is 0 Å². The highest BCUT2D eigenvalue weighted by molar-refractivity contribution is 5.77. The molecule has 1 heterocycles. The maximum atomic E-state index is 11.5. The molecule has 1 aromatic rings. The molecular weight excluding hydrogens is 240 g/mol. The van der Waals surface area contributed by atoms with Gasteiger partial charge < -0.3 is 27.0 Å². The summed E-state index contributed by atoms with van der Waals surface area (Å²) in [5.41, 5.74) is 0. The molecule has 0 aliphatic rings. The van der Waals surface area contributed by atoms with Crippen molar-refractivity contribution in [3.63, 3.8) is 0 Å². The number of furan rings is 1. The molecule has 0 saturated heterocycles. The number of amides is 1. The number of nitrogens with one attached hydrogen (secondary N) is 2. The van der Waals surface area contributed by atoms with E-state index in [4.69, 9.17) is 4.42 Å². The lowest BCUT2D eigenvalue weighted by atomic mass is 10.1. The molecule has 2 N–H and O–H groups in total. The summed E-state index contributed by atoms with van der Waals surface area (Å²) < 4.78 is 5.38. The van der Waals surface area contributed by atoms with Crippen LogP contribution in [0.3, 0.4) is 0 Å². The van der Waals surface area contributed by atoms with Crippen molar-refractivity contribution in [1.82, 2.24) is 5.32 Å². The smallest absolute Gasteiger partial charge is 0.222 e. The van der Waals surface area contributed by atoms with Crippen molar-refractivity contribution < 1.29 is 26.5 Å². The Balaban J connectivity index is 0.00000256. The van der Waals surface area contributed by atoms with Crippen LogP contribution in [-0.2, 0) is 4.79 Å². The Morgan fingerprint density at radius 1 is 1.47 bits per heavy atom. The molecule has 0 bridgehead atoms. The molecule has 0 spiro atoms. The maximum absolute atomic E-state index is 11.5. The van der Waals surface area contributed by atoms with E-state index in [9.17, 15) is 4.79 Å². The molecule has 1 aromatic heterocycles. The molecule has 0 aromatic carbocycles. The summed E-state index contributed by atoms with van der Waals surface area (Å²) in [4.78, 5) is 12.7. The lowest BCUT2D eigenvalue weighted by Gasteiger charge is -2.20. The summed E-state index contributed by atoms with van der Waals surface area (Å²) in [6, 6.07) is 3.98. The minimum Gasteiger partial charge on any atom is -1.00 e. The first-order valence-electron chi connectivity index (χ1n) is 5.63. The average Bonchev–Trinajstić information content (AvgIpc) is 2.70. The maximum Gasteiger partial charge on any atom is 0.222 e. The Bertz CT molecular complexity index is 323. The first-order chi connectivity index (χ1) is 7.52. The molecule has 4 nitrogen and oxygen atoms in total. The molecular formula is C12H21ClN2O2. The van der Waals surface area contributed by atoms with E-state index in [0.717, 1.165) is 5.76 Å². The predicted molar refractivity (Wildman–Crippen MR) is 62.1 cm³/mol. The number of hydrogen-bond donors (Lipinski definition) is 2. The summed E-state index contributed by atoms with van der Waals surface area (Å²) in [5.74, 6) is 1.01. The Labute approximate surface area is 109 Å². The normalized spacial score (nSPS) is 12.4. The van der Waals surface area contributed by atoms with Crippen molar-refractivity contribution in [3.8, 4) is 0 Å². The SMILES string of the molecule is CC(C)C(=O)NCC(c1ccco1)[NH+](C)C.[Cl-]. The molecule has 0 aliphatic heterocycles. The van der Waals surface area contributed by atoms with Gasteiger partial charge in [-0.15, -0.1) is 0 Å². The van der Waals surface area contributed by atoms with E-state index in [1.54, 1.807) is 6.26 Å². The van der Waals surface area contributed by atoms with Crippen molar-refractivity contribution in [3.05, 3.63) is 24.2 Å². The molecule has 5 heteroatoms. The quantitative estimate of drug-likeness (QED) is 0.603. The van der Waals surface area contributed by atoms with Crippen LogP contribution in [0.4, 0.5) is 0 Å². The minimum absolute atomic E-state index is 0. The van der Waals surface area contributed by atoms with Gasteiger partial charge in [-0.1, -0.05) is 13.8 Å². The minimum atomic E-state index is 0. The molecule has 0 saturated carbocycles. The highest BCUT2D eigenvalue weighted by Crippen LogP contribution is 2.09. The van der Waals surface area contributed by atoms with E-state index in [1.165, 1.54) is 4.90 Å². The second-order valence-electron chi connectivity index (χ2n) is 4.55. The number of likely N-dealkylation sites (N-methyl/N-ethyl adjacent to an activating group) is 1. The van der Waals surface area contributed by atoms with Gasteiger partial charge in [0.15, 0.2) is 11.8 Å². The number of quaternary nitrogens is 1. The second-order valence-corrected chi connectivity index (χ2v) is 4.55.